The minimum Gasteiger partial charge on any atom is -0.103 e. The van der Waals surface area contributed by atoms with E-state index in [1.54, 1.807) is 0 Å². The molecule has 0 N–H and O–H groups in total. The standard InChI is InChI=1S/C15H27/c1-4-7-10-11-14-15(12-8-5-2)13-9-6-3/h4-10,12-13H2,1-3H3. The van der Waals surface area contributed by atoms with Crippen molar-refractivity contribution in [1.29, 1.82) is 0 Å². The Balaban J connectivity index is 3.79. The molecule has 0 aromatic rings. The number of unbranched alkanes of at least 4 members (excludes halogenated alkanes) is 4. The molecule has 0 fully saturated rings. The fourth-order valence-electron chi connectivity index (χ4n) is 1.48. The van der Waals surface area contributed by atoms with Crippen molar-refractivity contribution in [1.82, 2.24) is 0 Å². The van der Waals surface area contributed by atoms with Gasteiger partial charge in [0.2, 0.25) is 0 Å². The van der Waals surface area contributed by atoms with Crippen molar-refractivity contribution >= 4 is 0 Å². The van der Waals surface area contributed by atoms with Gasteiger partial charge in [-0.25, -0.2) is 0 Å². The minimum atomic E-state index is 1.08. The van der Waals surface area contributed by atoms with Gasteiger partial charge in [-0.3, -0.25) is 0 Å². The lowest BCUT2D eigenvalue weighted by molar-refractivity contribution is 0.670. The van der Waals surface area contributed by atoms with Crippen molar-refractivity contribution in [3.63, 3.8) is 0 Å². The Morgan fingerprint density at radius 2 is 1.33 bits per heavy atom. The first-order valence-electron chi connectivity index (χ1n) is 6.68. The van der Waals surface area contributed by atoms with Gasteiger partial charge in [0.1, 0.15) is 0 Å². The fourth-order valence-corrected chi connectivity index (χ4v) is 1.48. The lowest BCUT2D eigenvalue weighted by Crippen LogP contribution is -1.94. The van der Waals surface area contributed by atoms with Crippen molar-refractivity contribution in [2.24, 2.45) is 0 Å². The lowest BCUT2D eigenvalue weighted by Gasteiger charge is -2.07. The van der Waals surface area contributed by atoms with E-state index < -0.39 is 0 Å². The molecule has 0 aliphatic heterocycles. The number of rotatable bonds is 8. The Morgan fingerprint density at radius 3 is 1.80 bits per heavy atom. The van der Waals surface area contributed by atoms with E-state index in [9.17, 15) is 0 Å². The summed E-state index contributed by atoms with van der Waals surface area (Å²) in [5.41, 5.74) is 0. The summed E-state index contributed by atoms with van der Waals surface area (Å²) in [6.45, 7) is 6.73. The third-order valence-electron chi connectivity index (χ3n) is 2.58. The summed E-state index contributed by atoms with van der Waals surface area (Å²) in [4.78, 5) is 0. The van der Waals surface area contributed by atoms with Gasteiger partial charge in [0.15, 0.2) is 0 Å². The Labute approximate surface area is 96.8 Å². The average Bonchev–Trinajstić information content (AvgIpc) is 2.27. The van der Waals surface area contributed by atoms with Gasteiger partial charge < -0.3 is 0 Å². The molecule has 0 aromatic heterocycles. The molecule has 0 aliphatic rings. The topological polar surface area (TPSA) is 0 Å². The molecule has 0 nitrogen and oxygen atoms in total. The highest BCUT2D eigenvalue weighted by atomic mass is 14.1. The first-order chi connectivity index (χ1) is 7.35. The predicted octanol–water partition coefficient (Wildman–Crippen LogP) is 5.13. The molecule has 15 heavy (non-hydrogen) atoms. The van der Waals surface area contributed by atoms with E-state index in [0.29, 0.717) is 0 Å². The van der Waals surface area contributed by atoms with Crippen LogP contribution in [0.4, 0.5) is 0 Å². The molecule has 87 valence electrons. The number of hydrogen-bond acceptors (Lipinski definition) is 0. The van der Waals surface area contributed by atoms with Crippen molar-refractivity contribution in [2.45, 2.75) is 78.6 Å². The summed E-state index contributed by atoms with van der Waals surface area (Å²) in [5.74, 6) is 8.20. The molecule has 0 amide bonds. The van der Waals surface area contributed by atoms with E-state index in [2.05, 4.69) is 32.6 Å². The van der Waals surface area contributed by atoms with E-state index in [-0.39, 0.29) is 0 Å². The van der Waals surface area contributed by atoms with Gasteiger partial charge in [-0.2, -0.15) is 0 Å². The molecular formula is C15H27. The van der Waals surface area contributed by atoms with E-state index in [1.165, 1.54) is 57.3 Å². The maximum absolute atomic E-state index is 3.39. The largest absolute Gasteiger partial charge is 0.103 e. The van der Waals surface area contributed by atoms with Crippen molar-refractivity contribution < 1.29 is 0 Å². The van der Waals surface area contributed by atoms with Crippen LogP contribution in [0.15, 0.2) is 0 Å². The van der Waals surface area contributed by atoms with E-state index in [0.717, 1.165) is 6.42 Å². The Hall–Kier alpha value is -0.440. The van der Waals surface area contributed by atoms with Gasteiger partial charge in [0.05, 0.1) is 0 Å². The van der Waals surface area contributed by atoms with Gasteiger partial charge in [-0.15, -0.1) is 5.92 Å². The van der Waals surface area contributed by atoms with Gasteiger partial charge in [-0.1, -0.05) is 58.8 Å². The van der Waals surface area contributed by atoms with Gasteiger partial charge in [0.25, 0.3) is 0 Å². The average molecular weight is 207 g/mol. The summed E-state index contributed by atoms with van der Waals surface area (Å²) in [5, 5.41) is 0. The summed E-state index contributed by atoms with van der Waals surface area (Å²) in [6, 6.07) is 0. The monoisotopic (exact) mass is 207 g/mol. The van der Waals surface area contributed by atoms with Crippen LogP contribution in [0.2, 0.25) is 0 Å². The fraction of sp³-hybridized carbons (Fsp3) is 0.800. The Morgan fingerprint density at radius 1 is 0.800 bits per heavy atom. The van der Waals surface area contributed by atoms with Crippen LogP contribution < -0.4 is 0 Å². The predicted molar refractivity (Wildman–Crippen MR) is 69.6 cm³/mol. The molecule has 1 radical (unpaired) electrons. The molecule has 0 aromatic carbocycles. The first-order valence-corrected chi connectivity index (χ1v) is 6.68. The molecule has 0 aliphatic carbocycles. The molecule has 0 heterocycles. The second kappa shape index (κ2) is 11.6. The van der Waals surface area contributed by atoms with Crippen LogP contribution in [-0.2, 0) is 0 Å². The first kappa shape index (κ1) is 14.6. The van der Waals surface area contributed by atoms with E-state index >= 15 is 0 Å². The molecular weight excluding hydrogens is 180 g/mol. The van der Waals surface area contributed by atoms with E-state index in [4.69, 9.17) is 0 Å². The van der Waals surface area contributed by atoms with Crippen LogP contribution in [0, 0.1) is 17.8 Å². The molecule has 0 spiro atoms. The summed E-state index contributed by atoms with van der Waals surface area (Å²) >= 11 is 0. The van der Waals surface area contributed by atoms with Crippen LogP contribution >= 0.6 is 0 Å². The van der Waals surface area contributed by atoms with Crippen molar-refractivity contribution in [3.05, 3.63) is 5.92 Å². The second-order valence-corrected chi connectivity index (χ2v) is 4.22. The normalized spacial score (nSPS) is 10.1. The number of hydrogen-bond donors (Lipinski definition) is 0. The quantitative estimate of drug-likeness (QED) is 0.382. The van der Waals surface area contributed by atoms with Crippen LogP contribution in [0.1, 0.15) is 78.6 Å². The second-order valence-electron chi connectivity index (χ2n) is 4.22. The van der Waals surface area contributed by atoms with Gasteiger partial charge >= 0.3 is 0 Å². The Bertz CT molecular complexity index is 162. The minimum absolute atomic E-state index is 1.08. The van der Waals surface area contributed by atoms with Crippen molar-refractivity contribution in [3.8, 4) is 11.8 Å². The maximum Gasteiger partial charge on any atom is 0.0479 e. The molecule has 0 saturated heterocycles. The maximum atomic E-state index is 3.39. The molecule has 0 saturated carbocycles. The summed E-state index contributed by atoms with van der Waals surface area (Å²) < 4.78 is 0. The van der Waals surface area contributed by atoms with E-state index in [1.807, 2.05) is 0 Å². The zero-order valence-electron chi connectivity index (χ0n) is 10.9. The highest BCUT2D eigenvalue weighted by molar-refractivity contribution is 5.21. The molecule has 0 atom stereocenters. The highest BCUT2D eigenvalue weighted by Crippen LogP contribution is 2.17. The smallest absolute Gasteiger partial charge is 0.0479 e. The zero-order valence-corrected chi connectivity index (χ0v) is 10.9. The molecule has 0 unspecified atom stereocenters. The van der Waals surface area contributed by atoms with Gasteiger partial charge in [0, 0.05) is 12.3 Å². The van der Waals surface area contributed by atoms with Crippen LogP contribution in [0.25, 0.3) is 0 Å². The van der Waals surface area contributed by atoms with Crippen LogP contribution in [-0.4, -0.2) is 0 Å². The van der Waals surface area contributed by atoms with Crippen LogP contribution in [0.5, 0.6) is 0 Å². The molecule has 0 rings (SSSR count). The lowest BCUT2D eigenvalue weighted by atomic mass is 9.96. The summed E-state index contributed by atoms with van der Waals surface area (Å²) in [7, 11) is 0. The third-order valence-corrected chi connectivity index (χ3v) is 2.58. The van der Waals surface area contributed by atoms with Gasteiger partial charge in [-0.05, 0) is 19.3 Å². The Kier molecular flexibility index (Phi) is 11.3. The summed E-state index contributed by atoms with van der Waals surface area (Å²) in [6.07, 6.45) is 11.2. The van der Waals surface area contributed by atoms with Crippen LogP contribution in [0.3, 0.4) is 0 Å². The third kappa shape index (κ3) is 9.85. The molecule has 0 bridgehead atoms. The highest BCUT2D eigenvalue weighted by Gasteiger charge is 2.04. The van der Waals surface area contributed by atoms with Crippen molar-refractivity contribution in [2.75, 3.05) is 0 Å². The molecule has 0 heteroatoms. The SMILES string of the molecule is CCCCC#C[C](CCCC)CCCC. The zero-order chi connectivity index (χ0) is 11.4.